The third-order valence-electron chi connectivity index (χ3n) is 2.74. The molecule has 0 bridgehead atoms. The van der Waals surface area contributed by atoms with E-state index in [9.17, 15) is 0 Å². The molecule has 0 saturated carbocycles. The van der Waals surface area contributed by atoms with Gasteiger partial charge in [-0.2, -0.15) is 0 Å². The third-order valence-corrected chi connectivity index (χ3v) is 3.51. The molecule has 0 aliphatic heterocycles. The Balaban J connectivity index is 1.94. The topological polar surface area (TPSA) is 21.3 Å². The van der Waals surface area contributed by atoms with Crippen molar-refractivity contribution in [2.24, 2.45) is 0 Å². The molecule has 0 radical (unpaired) electrons. The van der Waals surface area contributed by atoms with Gasteiger partial charge in [-0.1, -0.05) is 46.3 Å². The van der Waals surface area contributed by atoms with Gasteiger partial charge in [0.15, 0.2) is 0 Å². The lowest BCUT2D eigenvalue weighted by Gasteiger charge is -2.09. The largest absolute Gasteiger partial charge is 0.497 e. The van der Waals surface area contributed by atoms with Crippen molar-refractivity contribution < 1.29 is 4.74 Å². The smallest absolute Gasteiger partial charge is 0.119 e. The van der Waals surface area contributed by atoms with Gasteiger partial charge in [0.05, 0.1) is 7.11 Å². The van der Waals surface area contributed by atoms with Gasteiger partial charge < -0.3 is 10.1 Å². The average molecular weight is 306 g/mol. The number of halogens is 1. The van der Waals surface area contributed by atoms with Crippen LogP contribution >= 0.6 is 15.9 Å². The van der Waals surface area contributed by atoms with Gasteiger partial charge in [0, 0.05) is 17.6 Å². The molecule has 0 aromatic heterocycles. The summed E-state index contributed by atoms with van der Waals surface area (Å²) in [5, 5.41) is 3.42. The summed E-state index contributed by atoms with van der Waals surface area (Å²) in [6.45, 7) is 1.68. The zero-order valence-corrected chi connectivity index (χ0v) is 11.9. The van der Waals surface area contributed by atoms with Crippen LogP contribution in [0.15, 0.2) is 53.0 Å². The Morgan fingerprint density at radius 3 is 2.56 bits per heavy atom. The van der Waals surface area contributed by atoms with Crippen LogP contribution in [0.1, 0.15) is 11.1 Å². The Bertz CT molecular complexity index is 499. The van der Waals surface area contributed by atoms with Crippen molar-refractivity contribution in [3.8, 4) is 5.75 Å². The molecule has 2 rings (SSSR count). The summed E-state index contributed by atoms with van der Waals surface area (Å²) < 4.78 is 6.33. The summed E-state index contributed by atoms with van der Waals surface area (Å²) in [7, 11) is 1.68. The molecule has 18 heavy (non-hydrogen) atoms. The normalized spacial score (nSPS) is 10.3. The first kappa shape index (κ1) is 13.1. The van der Waals surface area contributed by atoms with E-state index in [4.69, 9.17) is 4.74 Å². The Morgan fingerprint density at radius 2 is 1.83 bits per heavy atom. The molecule has 0 saturated heterocycles. The molecule has 94 valence electrons. The highest BCUT2D eigenvalue weighted by Gasteiger charge is 2.01. The van der Waals surface area contributed by atoms with Crippen LogP contribution in [0, 0.1) is 0 Å². The molecule has 0 aliphatic carbocycles. The van der Waals surface area contributed by atoms with Crippen molar-refractivity contribution >= 4 is 15.9 Å². The SMILES string of the molecule is COc1ccc(Br)c(CNCc2ccccc2)c1. The Labute approximate surface area is 116 Å². The lowest BCUT2D eigenvalue weighted by atomic mass is 10.2. The highest BCUT2D eigenvalue weighted by Crippen LogP contribution is 2.22. The van der Waals surface area contributed by atoms with E-state index in [1.807, 2.05) is 24.3 Å². The van der Waals surface area contributed by atoms with Crippen molar-refractivity contribution in [2.45, 2.75) is 13.1 Å². The highest BCUT2D eigenvalue weighted by atomic mass is 79.9. The lowest BCUT2D eigenvalue weighted by Crippen LogP contribution is -2.13. The van der Waals surface area contributed by atoms with Gasteiger partial charge in [-0.15, -0.1) is 0 Å². The molecule has 0 aliphatic rings. The second-order valence-electron chi connectivity index (χ2n) is 4.05. The van der Waals surface area contributed by atoms with E-state index in [2.05, 4.69) is 45.5 Å². The van der Waals surface area contributed by atoms with E-state index in [-0.39, 0.29) is 0 Å². The molecule has 2 aromatic carbocycles. The van der Waals surface area contributed by atoms with Crippen molar-refractivity contribution in [3.05, 3.63) is 64.1 Å². The minimum absolute atomic E-state index is 0.812. The molecule has 0 spiro atoms. The maximum atomic E-state index is 5.23. The number of ether oxygens (including phenoxy) is 1. The summed E-state index contributed by atoms with van der Waals surface area (Å²) in [4.78, 5) is 0. The van der Waals surface area contributed by atoms with E-state index in [1.165, 1.54) is 11.1 Å². The molecule has 2 nitrogen and oxygen atoms in total. The van der Waals surface area contributed by atoms with Crippen molar-refractivity contribution in [3.63, 3.8) is 0 Å². The number of nitrogens with one attached hydrogen (secondary N) is 1. The standard InChI is InChI=1S/C15H16BrNO/c1-18-14-7-8-15(16)13(9-14)11-17-10-12-5-3-2-4-6-12/h2-9,17H,10-11H2,1H3. The molecule has 2 aromatic rings. The molecular weight excluding hydrogens is 290 g/mol. The number of rotatable bonds is 5. The average Bonchev–Trinajstić information content (AvgIpc) is 2.42. The van der Waals surface area contributed by atoms with Crippen LogP contribution in [0.25, 0.3) is 0 Å². The lowest BCUT2D eigenvalue weighted by molar-refractivity contribution is 0.414. The van der Waals surface area contributed by atoms with E-state index < -0.39 is 0 Å². The van der Waals surface area contributed by atoms with Gasteiger partial charge in [0.2, 0.25) is 0 Å². The first-order chi connectivity index (χ1) is 8.79. The molecule has 1 N–H and O–H groups in total. The molecule has 0 amide bonds. The molecule has 0 heterocycles. The molecule has 0 fully saturated rings. The fraction of sp³-hybridized carbons (Fsp3) is 0.200. The molecule has 3 heteroatoms. The van der Waals surface area contributed by atoms with Gasteiger partial charge in [-0.3, -0.25) is 0 Å². The minimum atomic E-state index is 0.812. The Morgan fingerprint density at radius 1 is 1.06 bits per heavy atom. The maximum Gasteiger partial charge on any atom is 0.119 e. The van der Waals surface area contributed by atoms with Gasteiger partial charge in [-0.05, 0) is 29.3 Å². The predicted octanol–water partition coefficient (Wildman–Crippen LogP) is 3.75. The molecular formula is C15H16BrNO. The first-order valence-corrected chi connectivity index (χ1v) is 6.66. The van der Waals surface area contributed by atoms with Crippen LogP contribution in [0.5, 0.6) is 5.75 Å². The maximum absolute atomic E-state index is 5.23. The van der Waals surface area contributed by atoms with Crippen molar-refractivity contribution in [2.75, 3.05) is 7.11 Å². The van der Waals surface area contributed by atoms with E-state index >= 15 is 0 Å². The summed E-state index contributed by atoms with van der Waals surface area (Å²) in [6.07, 6.45) is 0. The van der Waals surface area contributed by atoms with Crippen molar-refractivity contribution in [1.29, 1.82) is 0 Å². The van der Waals surface area contributed by atoms with E-state index in [1.54, 1.807) is 7.11 Å². The summed E-state index contributed by atoms with van der Waals surface area (Å²) in [6, 6.07) is 16.4. The summed E-state index contributed by atoms with van der Waals surface area (Å²) in [5.41, 5.74) is 2.49. The predicted molar refractivity (Wildman–Crippen MR) is 77.7 cm³/mol. The van der Waals surface area contributed by atoms with Crippen LogP contribution in [-0.2, 0) is 13.1 Å². The van der Waals surface area contributed by atoms with Gasteiger partial charge in [0.25, 0.3) is 0 Å². The zero-order valence-electron chi connectivity index (χ0n) is 10.3. The summed E-state index contributed by atoms with van der Waals surface area (Å²) in [5.74, 6) is 0.884. The van der Waals surface area contributed by atoms with Gasteiger partial charge in [0.1, 0.15) is 5.75 Å². The number of methoxy groups -OCH3 is 1. The first-order valence-electron chi connectivity index (χ1n) is 5.86. The third kappa shape index (κ3) is 3.59. The van der Waals surface area contributed by atoms with Crippen molar-refractivity contribution in [1.82, 2.24) is 5.32 Å². The quantitative estimate of drug-likeness (QED) is 0.908. The zero-order chi connectivity index (χ0) is 12.8. The van der Waals surface area contributed by atoms with Crippen LogP contribution < -0.4 is 10.1 Å². The Kier molecular flexibility index (Phi) is 4.79. The van der Waals surface area contributed by atoms with Gasteiger partial charge in [-0.25, -0.2) is 0 Å². The summed E-state index contributed by atoms with van der Waals surface area (Å²) >= 11 is 3.55. The van der Waals surface area contributed by atoms with Crippen LogP contribution in [-0.4, -0.2) is 7.11 Å². The van der Waals surface area contributed by atoms with Gasteiger partial charge >= 0.3 is 0 Å². The van der Waals surface area contributed by atoms with Crippen LogP contribution in [0.3, 0.4) is 0 Å². The fourth-order valence-electron chi connectivity index (χ4n) is 1.75. The van der Waals surface area contributed by atoms with E-state index in [0.717, 1.165) is 23.3 Å². The number of benzene rings is 2. The number of hydrogen-bond acceptors (Lipinski definition) is 2. The Hall–Kier alpha value is -1.32. The monoisotopic (exact) mass is 305 g/mol. The molecule has 0 atom stereocenters. The van der Waals surface area contributed by atoms with Crippen LogP contribution in [0.2, 0.25) is 0 Å². The fourth-order valence-corrected chi connectivity index (χ4v) is 2.14. The molecule has 0 unspecified atom stereocenters. The highest BCUT2D eigenvalue weighted by molar-refractivity contribution is 9.10. The number of hydrogen-bond donors (Lipinski definition) is 1. The minimum Gasteiger partial charge on any atom is -0.497 e. The second kappa shape index (κ2) is 6.57. The van der Waals surface area contributed by atoms with E-state index in [0.29, 0.717) is 0 Å². The van der Waals surface area contributed by atoms with Crippen LogP contribution in [0.4, 0.5) is 0 Å². The second-order valence-corrected chi connectivity index (χ2v) is 4.90.